The second-order valence-corrected chi connectivity index (χ2v) is 7.38. The Morgan fingerprint density at radius 2 is 2.05 bits per heavy atom. The van der Waals surface area contributed by atoms with Crippen molar-refractivity contribution in [1.82, 2.24) is 13.9 Å². The fourth-order valence-electron chi connectivity index (χ4n) is 3.01. The smallest absolute Gasteiger partial charge is 0.262 e. The SMILES string of the molecule is CCn1cc(S(=O)(=O)N(CCO)C2CCCCC2)nc1C. The van der Waals surface area contributed by atoms with Crippen LogP contribution in [0.4, 0.5) is 0 Å². The van der Waals surface area contributed by atoms with Gasteiger partial charge in [-0.3, -0.25) is 0 Å². The van der Waals surface area contributed by atoms with E-state index in [1.165, 1.54) is 4.31 Å². The van der Waals surface area contributed by atoms with Gasteiger partial charge in [0, 0.05) is 25.3 Å². The number of aryl methyl sites for hydroxylation is 2. The van der Waals surface area contributed by atoms with Crippen molar-refractivity contribution in [3.8, 4) is 0 Å². The van der Waals surface area contributed by atoms with Crippen LogP contribution in [0.5, 0.6) is 0 Å². The van der Waals surface area contributed by atoms with Crippen molar-refractivity contribution in [3.63, 3.8) is 0 Å². The maximum absolute atomic E-state index is 12.8. The highest BCUT2D eigenvalue weighted by Gasteiger charge is 2.33. The molecular weight excluding hydrogens is 290 g/mol. The minimum absolute atomic E-state index is 0.0111. The Morgan fingerprint density at radius 1 is 1.38 bits per heavy atom. The van der Waals surface area contributed by atoms with Gasteiger partial charge in [-0.05, 0) is 26.7 Å². The molecule has 1 aromatic heterocycles. The van der Waals surface area contributed by atoms with Crippen LogP contribution in [0, 0.1) is 6.92 Å². The van der Waals surface area contributed by atoms with E-state index in [2.05, 4.69) is 4.98 Å². The summed E-state index contributed by atoms with van der Waals surface area (Å²) >= 11 is 0. The van der Waals surface area contributed by atoms with Crippen molar-refractivity contribution < 1.29 is 13.5 Å². The predicted octanol–water partition coefficient (Wildman–Crippen LogP) is 1.53. The molecule has 0 radical (unpaired) electrons. The lowest BCUT2D eigenvalue weighted by Crippen LogP contribution is -2.43. The molecule has 1 aliphatic carbocycles. The molecule has 1 saturated carbocycles. The average Bonchev–Trinajstić information content (AvgIpc) is 2.87. The number of hydrogen-bond donors (Lipinski definition) is 1. The first-order valence-electron chi connectivity index (χ1n) is 7.67. The Bertz CT molecular complexity index is 562. The molecule has 0 aliphatic heterocycles. The second kappa shape index (κ2) is 6.89. The van der Waals surface area contributed by atoms with Crippen LogP contribution < -0.4 is 0 Å². The van der Waals surface area contributed by atoms with E-state index in [0.29, 0.717) is 12.4 Å². The Labute approximate surface area is 126 Å². The van der Waals surface area contributed by atoms with E-state index >= 15 is 0 Å². The van der Waals surface area contributed by atoms with Crippen molar-refractivity contribution in [3.05, 3.63) is 12.0 Å². The van der Waals surface area contributed by atoms with Gasteiger partial charge in [0.15, 0.2) is 5.03 Å². The van der Waals surface area contributed by atoms with E-state index in [0.717, 1.165) is 32.1 Å². The third-order valence-corrected chi connectivity index (χ3v) is 5.99. The maximum Gasteiger partial charge on any atom is 0.262 e. The Balaban J connectivity index is 2.31. The summed E-state index contributed by atoms with van der Waals surface area (Å²) in [5.41, 5.74) is 0. The zero-order valence-corrected chi connectivity index (χ0v) is 13.6. The lowest BCUT2D eigenvalue weighted by molar-refractivity contribution is 0.199. The highest BCUT2D eigenvalue weighted by Crippen LogP contribution is 2.27. The molecule has 7 heteroatoms. The number of imidazole rings is 1. The first-order chi connectivity index (χ1) is 10.0. The molecule has 0 saturated heterocycles. The summed E-state index contributed by atoms with van der Waals surface area (Å²) in [5, 5.41) is 9.35. The second-order valence-electron chi connectivity index (χ2n) is 5.54. The Hall–Kier alpha value is -0.920. The van der Waals surface area contributed by atoms with Crippen molar-refractivity contribution in [2.24, 2.45) is 0 Å². The molecule has 1 aromatic rings. The van der Waals surface area contributed by atoms with E-state index in [1.54, 1.807) is 13.1 Å². The predicted molar refractivity (Wildman–Crippen MR) is 80.5 cm³/mol. The number of sulfonamides is 1. The van der Waals surface area contributed by atoms with Gasteiger partial charge >= 0.3 is 0 Å². The lowest BCUT2D eigenvalue weighted by atomic mass is 9.95. The molecule has 2 rings (SSSR count). The van der Waals surface area contributed by atoms with Gasteiger partial charge in [-0.15, -0.1) is 0 Å². The van der Waals surface area contributed by atoms with Gasteiger partial charge < -0.3 is 9.67 Å². The van der Waals surface area contributed by atoms with Crippen molar-refractivity contribution >= 4 is 10.0 Å². The molecule has 0 bridgehead atoms. The van der Waals surface area contributed by atoms with E-state index in [-0.39, 0.29) is 24.2 Å². The molecule has 1 heterocycles. The summed E-state index contributed by atoms with van der Waals surface area (Å²) in [7, 11) is -3.63. The quantitative estimate of drug-likeness (QED) is 0.864. The van der Waals surface area contributed by atoms with Crippen LogP contribution in [0.2, 0.25) is 0 Å². The maximum atomic E-state index is 12.8. The molecule has 0 atom stereocenters. The Morgan fingerprint density at radius 3 is 2.57 bits per heavy atom. The number of aromatic nitrogens is 2. The van der Waals surface area contributed by atoms with Gasteiger partial charge in [0.05, 0.1) is 6.61 Å². The topological polar surface area (TPSA) is 75.4 Å². The molecule has 0 spiro atoms. The highest BCUT2D eigenvalue weighted by atomic mass is 32.2. The van der Waals surface area contributed by atoms with Gasteiger partial charge in [0.2, 0.25) is 0 Å². The number of aliphatic hydroxyl groups is 1. The van der Waals surface area contributed by atoms with Crippen LogP contribution in [-0.4, -0.2) is 46.6 Å². The van der Waals surface area contributed by atoms with Crippen LogP contribution in [0.15, 0.2) is 11.2 Å². The van der Waals surface area contributed by atoms with Crippen LogP contribution in [0.1, 0.15) is 44.9 Å². The summed E-state index contributed by atoms with van der Waals surface area (Å²) < 4.78 is 29.0. The molecule has 6 nitrogen and oxygen atoms in total. The largest absolute Gasteiger partial charge is 0.395 e. The summed E-state index contributed by atoms with van der Waals surface area (Å²) in [5.74, 6) is 0.698. The normalized spacial score (nSPS) is 17.5. The molecule has 1 aliphatic rings. The van der Waals surface area contributed by atoms with E-state index < -0.39 is 10.0 Å². The molecule has 1 N–H and O–H groups in total. The number of rotatable bonds is 6. The fraction of sp³-hybridized carbons (Fsp3) is 0.786. The number of nitrogens with zero attached hydrogens (tertiary/aromatic N) is 3. The minimum atomic E-state index is -3.63. The molecule has 120 valence electrons. The van der Waals surface area contributed by atoms with Crippen LogP contribution in [-0.2, 0) is 16.6 Å². The van der Waals surface area contributed by atoms with Gasteiger partial charge in [-0.2, -0.15) is 4.31 Å². The van der Waals surface area contributed by atoms with Crippen molar-refractivity contribution in [2.45, 2.75) is 63.6 Å². The molecule has 1 fully saturated rings. The summed E-state index contributed by atoms with van der Waals surface area (Å²) in [6.07, 6.45) is 6.58. The molecule has 21 heavy (non-hydrogen) atoms. The van der Waals surface area contributed by atoms with Gasteiger partial charge in [0.25, 0.3) is 10.0 Å². The lowest BCUT2D eigenvalue weighted by Gasteiger charge is -2.32. The third kappa shape index (κ3) is 3.46. The molecule has 0 unspecified atom stereocenters. The van der Waals surface area contributed by atoms with E-state index in [9.17, 15) is 13.5 Å². The van der Waals surface area contributed by atoms with E-state index in [1.807, 2.05) is 11.5 Å². The standard InChI is InChI=1S/C14H25N3O3S/c1-3-16-11-14(15-12(16)2)21(19,20)17(9-10-18)13-7-5-4-6-8-13/h11,13,18H,3-10H2,1-2H3. The monoisotopic (exact) mass is 315 g/mol. The highest BCUT2D eigenvalue weighted by molar-refractivity contribution is 7.89. The van der Waals surface area contributed by atoms with Crippen LogP contribution >= 0.6 is 0 Å². The van der Waals surface area contributed by atoms with Gasteiger partial charge in [-0.25, -0.2) is 13.4 Å². The fourth-order valence-corrected chi connectivity index (χ4v) is 4.68. The zero-order valence-electron chi connectivity index (χ0n) is 12.8. The number of hydrogen-bond acceptors (Lipinski definition) is 4. The first kappa shape index (κ1) is 16.5. The Kier molecular flexibility index (Phi) is 5.40. The molecule has 0 aromatic carbocycles. The van der Waals surface area contributed by atoms with E-state index in [4.69, 9.17) is 0 Å². The summed E-state index contributed by atoms with van der Waals surface area (Å²) in [4.78, 5) is 4.20. The molecular formula is C14H25N3O3S. The average molecular weight is 315 g/mol. The minimum Gasteiger partial charge on any atom is -0.395 e. The molecule has 0 amide bonds. The van der Waals surface area contributed by atoms with Crippen molar-refractivity contribution in [1.29, 1.82) is 0 Å². The number of aliphatic hydroxyl groups excluding tert-OH is 1. The van der Waals surface area contributed by atoms with Gasteiger partial charge in [0.1, 0.15) is 5.82 Å². The summed E-state index contributed by atoms with van der Waals surface area (Å²) in [6, 6.07) is -0.0111. The van der Waals surface area contributed by atoms with Crippen molar-refractivity contribution in [2.75, 3.05) is 13.2 Å². The van der Waals surface area contributed by atoms with Crippen LogP contribution in [0.3, 0.4) is 0 Å². The first-order valence-corrected chi connectivity index (χ1v) is 9.11. The van der Waals surface area contributed by atoms with Gasteiger partial charge in [-0.1, -0.05) is 19.3 Å². The third-order valence-electron chi connectivity index (χ3n) is 4.17. The van der Waals surface area contributed by atoms with Crippen LogP contribution in [0.25, 0.3) is 0 Å². The zero-order chi connectivity index (χ0) is 15.5. The summed E-state index contributed by atoms with van der Waals surface area (Å²) in [6.45, 7) is 4.43.